The van der Waals surface area contributed by atoms with Gasteiger partial charge in [0.15, 0.2) is 0 Å². The molecule has 23 heavy (non-hydrogen) atoms. The van der Waals surface area contributed by atoms with Crippen molar-refractivity contribution in [2.24, 2.45) is 0 Å². The van der Waals surface area contributed by atoms with Crippen LogP contribution in [0, 0.1) is 10.1 Å². The molecule has 2 rings (SSSR count). The molecule has 0 saturated carbocycles. The second-order valence-corrected chi connectivity index (χ2v) is 5.15. The van der Waals surface area contributed by atoms with Gasteiger partial charge in [0.2, 0.25) is 11.8 Å². The van der Waals surface area contributed by atoms with Gasteiger partial charge in [0, 0.05) is 36.7 Å². The van der Waals surface area contributed by atoms with Crippen LogP contribution in [0.25, 0.3) is 0 Å². The van der Waals surface area contributed by atoms with E-state index in [0.29, 0.717) is 30.6 Å². The van der Waals surface area contributed by atoms with Crippen LogP contribution in [0.4, 0.5) is 5.69 Å². The van der Waals surface area contributed by atoms with Gasteiger partial charge < -0.3 is 4.90 Å². The molecule has 122 valence electrons. The lowest BCUT2D eigenvalue weighted by molar-refractivity contribution is -0.385. The van der Waals surface area contributed by atoms with Crippen LogP contribution in [0.3, 0.4) is 0 Å². The van der Waals surface area contributed by atoms with Crippen molar-refractivity contribution in [2.75, 3.05) is 13.1 Å². The molecule has 0 radical (unpaired) electrons. The monoisotopic (exact) mass is 319 g/mol. The van der Waals surface area contributed by atoms with Crippen molar-refractivity contribution in [3.63, 3.8) is 0 Å². The summed E-state index contributed by atoms with van der Waals surface area (Å²) in [7, 11) is 0. The second-order valence-electron chi connectivity index (χ2n) is 5.15. The van der Waals surface area contributed by atoms with Crippen molar-refractivity contribution in [2.45, 2.75) is 19.3 Å². The zero-order valence-electron chi connectivity index (χ0n) is 12.4. The Hall–Kier alpha value is -2.74. The Bertz CT molecular complexity index is 656. The summed E-state index contributed by atoms with van der Waals surface area (Å²) in [6.45, 7) is 0.797. The maximum Gasteiger partial charge on any atom is 0.272 e. The molecule has 0 bridgehead atoms. The van der Waals surface area contributed by atoms with Crippen molar-refractivity contribution < 1.29 is 19.7 Å². The maximum absolute atomic E-state index is 12.2. The lowest BCUT2D eigenvalue weighted by Crippen LogP contribution is -2.29. The summed E-state index contributed by atoms with van der Waals surface area (Å²) in [6.07, 6.45) is 2.42. The van der Waals surface area contributed by atoms with Gasteiger partial charge in [-0.25, -0.2) is 5.48 Å². The molecule has 0 saturated heterocycles. The number of amides is 2. The van der Waals surface area contributed by atoms with Crippen molar-refractivity contribution in [3.05, 3.63) is 51.6 Å². The number of hydroxylamine groups is 1. The summed E-state index contributed by atoms with van der Waals surface area (Å²) in [5.74, 6) is -0.716. The molecule has 2 amide bonds. The number of para-hydroxylation sites is 1. The number of hydrogen-bond acceptors (Lipinski definition) is 5. The Morgan fingerprint density at radius 3 is 2.78 bits per heavy atom. The van der Waals surface area contributed by atoms with Crippen LogP contribution in [0.2, 0.25) is 0 Å². The van der Waals surface area contributed by atoms with Crippen LogP contribution in [0.1, 0.15) is 18.4 Å². The van der Waals surface area contributed by atoms with Gasteiger partial charge in [0.05, 0.1) is 4.92 Å². The van der Waals surface area contributed by atoms with E-state index in [1.165, 1.54) is 11.5 Å². The van der Waals surface area contributed by atoms with E-state index in [0.717, 1.165) is 0 Å². The average molecular weight is 319 g/mol. The lowest BCUT2D eigenvalue weighted by atomic mass is 10.1. The first-order valence-electron chi connectivity index (χ1n) is 7.16. The lowest BCUT2D eigenvalue weighted by Gasteiger charge is -2.16. The van der Waals surface area contributed by atoms with Crippen molar-refractivity contribution in [1.29, 1.82) is 0 Å². The summed E-state index contributed by atoms with van der Waals surface area (Å²) in [6, 6.07) is 6.46. The number of carbonyl (C=O) groups excluding carboxylic acids is 2. The highest BCUT2D eigenvalue weighted by Crippen LogP contribution is 2.21. The number of hydrogen-bond donors (Lipinski definition) is 2. The van der Waals surface area contributed by atoms with E-state index in [4.69, 9.17) is 5.21 Å². The molecule has 0 atom stereocenters. The fourth-order valence-electron chi connectivity index (χ4n) is 2.46. The number of rotatable bonds is 7. The predicted molar refractivity (Wildman–Crippen MR) is 80.6 cm³/mol. The number of nitro groups is 1. The fourth-order valence-corrected chi connectivity index (χ4v) is 2.46. The number of benzene rings is 1. The summed E-state index contributed by atoms with van der Waals surface area (Å²) < 4.78 is 0. The summed E-state index contributed by atoms with van der Waals surface area (Å²) in [5.41, 5.74) is 2.68. The normalized spacial score (nSPS) is 13.9. The van der Waals surface area contributed by atoms with E-state index in [2.05, 4.69) is 0 Å². The molecule has 0 aromatic heterocycles. The van der Waals surface area contributed by atoms with Gasteiger partial charge >= 0.3 is 0 Å². The Morgan fingerprint density at radius 2 is 2.09 bits per heavy atom. The van der Waals surface area contributed by atoms with Gasteiger partial charge in [-0.2, -0.15) is 0 Å². The molecule has 0 aliphatic carbocycles. The number of nitro benzene ring substituents is 1. The molecule has 8 nitrogen and oxygen atoms in total. The molecule has 1 aromatic rings. The van der Waals surface area contributed by atoms with E-state index in [1.54, 1.807) is 29.2 Å². The van der Waals surface area contributed by atoms with Gasteiger partial charge in [-0.1, -0.05) is 24.3 Å². The summed E-state index contributed by atoms with van der Waals surface area (Å²) in [4.78, 5) is 35.3. The first-order chi connectivity index (χ1) is 11.0. The smallest absolute Gasteiger partial charge is 0.272 e. The maximum atomic E-state index is 12.2. The number of nitrogens with zero attached hydrogens (tertiary/aromatic N) is 2. The van der Waals surface area contributed by atoms with Gasteiger partial charge in [0.1, 0.15) is 0 Å². The highest BCUT2D eigenvalue weighted by Gasteiger charge is 2.24. The van der Waals surface area contributed by atoms with Gasteiger partial charge in [0.25, 0.3) is 5.69 Å². The zero-order valence-corrected chi connectivity index (χ0v) is 12.4. The molecule has 2 N–H and O–H groups in total. The first-order valence-corrected chi connectivity index (χ1v) is 7.16. The Morgan fingerprint density at radius 1 is 1.35 bits per heavy atom. The minimum Gasteiger partial charge on any atom is -0.335 e. The average Bonchev–Trinajstić information content (AvgIpc) is 2.91. The number of carbonyl (C=O) groups is 2. The molecule has 0 fully saturated rings. The van der Waals surface area contributed by atoms with Crippen molar-refractivity contribution >= 4 is 17.5 Å². The second kappa shape index (κ2) is 7.50. The molecule has 0 spiro atoms. The van der Waals surface area contributed by atoms with E-state index in [-0.39, 0.29) is 24.4 Å². The molecule has 1 aromatic carbocycles. The largest absolute Gasteiger partial charge is 0.335 e. The number of nitrogens with one attached hydrogen (secondary N) is 1. The van der Waals surface area contributed by atoms with Crippen LogP contribution >= 0.6 is 0 Å². The van der Waals surface area contributed by atoms with Gasteiger partial charge in [-0.15, -0.1) is 0 Å². The molecule has 1 aliphatic heterocycles. The quantitative estimate of drug-likeness (QED) is 0.445. The highest BCUT2D eigenvalue weighted by molar-refractivity contribution is 5.96. The van der Waals surface area contributed by atoms with Crippen molar-refractivity contribution in [3.8, 4) is 0 Å². The van der Waals surface area contributed by atoms with Gasteiger partial charge in [-0.05, 0) is 12.8 Å². The molecule has 1 heterocycles. The third-order valence-electron chi connectivity index (χ3n) is 3.71. The summed E-state index contributed by atoms with van der Waals surface area (Å²) >= 11 is 0. The molecule has 8 heteroatoms. The minimum absolute atomic E-state index is 0.0338. The van der Waals surface area contributed by atoms with Crippen LogP contribution in [0.5, 0.6) is 0 Å². The van der Waals surface area contributed by atoms with Crippen LogP contribution < -0.4 is 5.48 Å². The molecule has 0 unspecified atom stereocenters. The van der Waals surface area contributed by atoms with Crippen LogP contribution in [0.15, 0.2) is 35.9 Å². The van der Waals surface area contributed by atoms with Crippen LogP contribution in [-0.2, 0) is 16.0 Å². The molecular weight excluding hydrogens is 302 g/mol. The molecular formula is C15H17N3O5. The standard InChI is InChI=1S/C15H17N3O5/c19-14(16-21)6-5-12-8-10-17(15(12)20)9-7-11-3-1-2-4-13(11)18(22)23/h1-4,8,21H,5-7,9-10H2,(H,16,19). The van der Waals surface area contributed by atoms with Crippen LogP contribution in [-0.4, -0.2) is 39.9 Å². The van der Waals surface area contributed by atoms with E-state index >= 15 is 0 Å². The van der Waals surface area contributed by atoms with E-state index < -0.39 is 10.8 Å². The first kappa shape index (κ1) is 16.6. The third kappa shape index (κ3) is 4.13. The topological polar surface area (TPSA) is 113 Å². The van der Waals surface area contributed by atoms with E-state index in [1.807, 2.05) is 0 Å². The Balaban J connectivity index is 1.90. The Kier molecular flexibility index (Phi) is 5.42. The van der Waals surface area contributed by atoms with Crippen molar-refractivity contribution in [1.82, 2.24) is 10.4 Å². The predicted octanol–water partition coefficient (Wildman–Crippen LogP) is 1.19. The summed E-state index contributed by atoms with van der Waals surface area (Å²) in [5, 5.41) is 19.4. The SMILES string of the molecule is O=C(CCC1=CCN(CCc2ccccc2[N+](=O)[O-])C1=O)NO. The van der Waals surface area contributed by atoms with E-state index in [9.17, 15) is 19.7 Å². The third-order valence-corrected chi connectivity index (χ3v) is 3.71. The highest BCUT2D eigenvalue weighted by atomic mass is 16.6. The van der Waals surface area contributed by atoms with Gasteiger partial charge in [-0.3, -0.25) is 24.9 Å². The Labute approximate surface area is 132 Å². The minimum atomic E-state index is -0.544. The fraction of sp³-hybridized carbons (Fsp3) is 0.333. The zero-order chi connectivity index (χ0) is 16.8. The molecule has 1 aliphatic rings.